The second kappa shape index (κ2) is 6.22. The predicted octanol–water partition coefficient (Wildman–Crippen LogP) is 2.04. The van der Waals surface area contributed by atoms with E-state index in [0.717, 1.165) is 6.07 Å². The first kappa shape index (κ1) is 16.4. The van der Waals surface area contributed by atoms with Gasteiger partial charge < -0.3 is 15.3 Å². The lowest BCUT2D eigenvalue weighted by Crippen LogP contribution is -2.50. The summed E-state index contributed by atoms with van der Waals surface area (Å²) in [5.74, 6) is -2.40. The number of piperidine rings is 1. The van der Waals surface area contributed by atoms with Crippen molar-refractivity contribution in [2.45, 2.75) is 38.6 Å². The molecule has 0 aromatic heterocycles. The largest absolute Gasteiger partial charge is 0.480 e. The van der Waals surface area contributed by atoms with Crippen molar-refractivity contribution in [1.29, 1.82) is 0 Å². The molecule has 1 aromatic rings. The van der Waals surface area contributed by atoms with Crippen LogP contribution in [0.2, 0.25) is 0 Å². The number of nitrogens with one attached hydrogen (secondary N) is 1. The van der Waals surface area contributed by atoms with Crippen LogP contribution >= 0.6 is 0 Å². The van der Waals surface area contributed by atoms with Gasteiger partial charge in [0.05, 0.1) is 5.56 Å². The van der Waals surface area contributed by atoms with Gasteiger partial charge in [0, 0.05) is 18.7 Å². The molecule has 2 heterocycles. The summed E-state index contributed by atoms with van der Waals surface area (Å²) in [6.07, 6.45) is 1.77. The molecule has 0 spiro atoms. The van der Waals surface area contributed by atoms with Crippen LogP contribution in [0.5, 0.6) is 0 Å². The molecule has 2 aliphatic rings. The van der Waals surface area contributed by atoms with Crippen LogP contribution in [-0.4, -0.2) is 40.4 Å². The number of hydrogen-bond acceptors (Lipinski definition) is 3. The van der Waals surface area contributed by atoms with Crippen LogP contribution in [0.3, 0.4) is 0 Å². The SMILES string of the molecule is CC1CCN(C(=O)c2cc3c(cc2F)NC(=O)CC3)C(C(=O)O)C1. The maximum absolute atomic E-state index is 14.4. The van der Waals surface area contributed by atoms with Gasteiger partial charge in [-0.25, -0.2) is 9.18 Å². The number of carboxylic acid groups (broad SMARTS) is 1. The molecule has 1 saturated heterocycles. The molecule has 2 amide bonds. The molecule has 7 heteroatoms. The summed E-state index contributed by atoms with van der Waals surface area (Å²) in [6.45, 7) is 2.24. The minimum absolute atomic E-state index is 0.134. The van der Waals surface area contributed by atoms with E-state index in [2.05, 4.69) is 5.32 Å². The monoisotopic (exact) mass is 334 g/mol. The van der Waals surface area contributed by atoms with E-state index in [1.807, 2.05) is 6.92 Å². The highest BCUT2D eigenvalue weighted by Crippen LogP contribution is 2.29. The number of carbonyl (C=O) groups is 3. The minimum atomic E-state index is -1.07. The molecule has 1 aromatic carbocycles. The number of nitrogens with zero attached hydrogens (tertiary/aromatic N) is 1. The van der Waals surface area contributed by atoms with Crippen molar-refractivity contribution >= 4 is 23.5 Å². The standard InChI is InChI=1S/C17H19FN2O4/c1-9-4-5-20(14(6-9)17(23)24)16(22)11-7-10-2-3-15(21)19-13(10)8-12(11)18/h7-9,14H,2-6H2,1H3,(H,19,21)(H,23,24). The molecule has 1 fully saturated rings. The number of hydrogen-bond donors (Lipinski definition) is 2. The quantitative estimate of drug-likeness (QED) is 0.866. The van der Waals surface area contributed by atoms with Gasteiger partial charge in [-0.05, 0) is 42.9 Å². The van der Waals surface area contributed by atoms with Crippen molar-refractivity contribution in [1.82, 2.24) is 4.90 Å². The van der Waals surface area contributed by atoms with E-state index < -0.39 is 23.7 Å². The number of aliphatic carboxylic acids is 1. The molecule has 0 saturated carbocycles. The maximum Gasteiger partial charge on any atom is 0.326 e. The van der Waals surface area contributed by atoms with Crippen molar-refractivity contribution in [3.63, 3.8) is 0 Å². The number of carboxylic acids is 1. The lowest BCUT2D eigenvalue weighted by molar-refractivity contribution is -0.144. The van der Waals surface area contributed by atoms with Crippen molar-refractivity contribution in [2.24, 2.45) is 5.92 Å². The first-order valence-corrected chi connectivity index (χ1v) is 8.03. The zero-order chi connectivity index (χ0) is 17.4. The summed E-state index contributed by atoms with van der Waals surface area (Å²) in [6, 6.07) is 1.64. The van der Waals surface area contributed by atoms with Crippen LogP contribution in [0, 0.1) is 11.7 Å². The van der Waals surface area contributed by atoms with Gasteiger partial charge in [-0.3, -0.25) is 9.59 Å². The highest BCUT2D eigenvalue weighted by atomic mass is 19.1. The highest BCUT2D eigenvalue weighted by Gasteiger charge is 2.36. The maximum atomic E-state index is 14.4. The lowest BCUT2D eigenvalue weighted by atomic mass is 9.91. The normalized spacial score (nSPS) is 23.4. The van der Waals surface area contributed by atoms with Crippen LogP contribution < -0.4 is 5.32 Å². The summed E-state index contributed by atoms with van der Waals surface area (Å²) in [4.78, 5) is 36.8. The van der Waals surface area contributed by atoms with Crippen molar-refractivity contribution < 1.29 is 23.9 Å². The van der Waals surface area contributed by atoms with Crippen LogP contribution in [0.25, 0.3) is 0 Å². The highest BCUT2D eigenvalue weighted by molar-refractivity contribution is 5.99. The average Bonchev–Trinajstić information content (AvgIpc) is 2.53. The second-order valence-corrected chi connectivity index (χ2v) is 6.52. The predicted molar refractivity (Wildman–Crippen MR) is 84.2 cm³/mol. The van der Waals surface area contributed by atoms with Crippen LogP contribution in [0.1, 0.15) is 42.1 Å². The number of carbonyl (C=O) groups excluding carboxylic acids is 2. The van der Waals surface area contributed by atoms with E-state index >= 15 is 0 Å². The molecule has 24 heavy (non-hydrogen) atoms. The molecule has 0 radical (unpaired) electrons. The fourth-order valence-corrected chi connectivity index (χ4v) is 3.34. The van der Waals surface area contributed by atoms with E-state index in [4.69, 9.17) is 0 Å². The van der Waals surface area contributed by atoms with Crippen LogP contribution in [-0.2, 0) is 16.0 Å². The Morgan fingerprint density at radius 2 is 2.08 bits per heavy atom. The number of rotatable bonds is 2. The average molecular weight is 334 g/mol. The number of likely N-dealkylation sites (tertiary alicyclic amines) is 1. The molecule has 0 bridgehead atoms. The Morgan fingerprint density at radius 3 is 2.79 bits per heavy atom. The molecule has 2 atom stereocenters. The number of amides is 2. The lowest BCUT2D eigenvalue weighted by Gasteiger charge is -2.36. The van der Waals surface area contributed by atoms with E-state index in [0.29, 0.717) is 37.1 Å². The van der Waals surface area contributed by atoms with Gasteiger partial charge in [0.25, 0.3) is 5.91 Å². The Hall–Kier alpha value is -2.44. The number of aryl methyl sites for hydroxylation is 1. The van der Waals surface area contributed by atoms with E-state index in [1.54, 1.807) is 0 Å². The Morgan fingerprint density at radius 1 is 1.33 bits per heavy atom. The van der Waals surface area contributed by atoms with Crippen LogP contribution in [0.15, 0.2) is 12.1 Å². The molecule has 2 N–H and O–H groups in total. The van der Waals surface area contributed by atoms with Crippen LogP contribution in [0.4, 0.5) is 10.1 Å². The van der Waals surface area contributed by atoms with Gasteiger partial charge >= 0.3 is 5.97 Å². The van der Waals surface area contributed by atoms with E-state index in [9.17, 15) is 23.9 Å². The van der Waals surface area contributed by atoms with Gasteiger partial charge in [0.15, 0.2) is 0 Å². The second-order valence-electron chi connectivity index (χ2n) is 6.52. The Balaban J connectivity index is 1.92. The van der Waals surface area contributed by atoms with Gasteiger partial charge in [0.1, 0.15) is 11.9 Å². The first-order chi connectivity index (χ1) is 11.4. The van der Waals surface area contributed by atoms with Gasteiger partial charge in [-0.15, -0.1) is 0 Å². The van der Waals surface area contributed by atoms with Gasteiger partial charge in [0.2, 0.25) is 5.91 Å². The minimum Gasteiger partial charge on any atom is -0.480 e. The molecule has 128 valence electrons. The zero-order valence-corrected chi connectivity index (χ0v) is 13.3. The number of benzene rings is 1. The number of halogens is 1. The summed E-state index contributed by atoms with van der Waals surface area (Å²) in [5.41, 5.74) is 0.935. The van der Waals surface area contributed by atoms with Crippen molar-refractivity contribution in [3.05, 3.63) is 29.1 Å². The summed E-state index contributed by atoms with van der Waals surface area (Å²) >= 11 is 0. The molecular formula is C17H19FN2O4. The molecule has 2 aliphatic heterocycles. The third kappa shape index (κ3) is 2.98. The summed E-state index contributed by atoms with van der Waals surface area (Å²) in [5, 5.41) is 12.0. The third-order valence-corrected chi connectivity index (χ3v) is 4.73. The molecule has 0 aliphatic carbocycles. The van der Waals surface area contributed by atoms with Crippen molar-refractivity contribution in [3.8, 4) is 0 Å². The first-order valence-electron chi connectivity index (χ1n) is 8.03. The Labute approximate surface area is 138 Å². The Kier molecular flexibility index (Phi) is 4.26. The van der Waals surface area contributed by atoms with Gasteiger partial charge in [-0.2, -0.15) is 0 Å². The summed E-state index contributed by atoms with van der Waals surface area (Å²) in [7, 11) is 0. The fourth-order valence-electron chi connectivity index (χ4n) is 3.34. The topological polar surface area (TPSA) is 86.7 Å². The van der Waals surface area contributed by atoms with Crippen molar-refractivity contribution in [2.75, 3.05) is 11.9 Å². The third-order valence-electron chi connectivity index (χ3n) is 4.73. The van der Waals surface area contributed by atoms with E-state index in [1.165, 1.54) is 11.0 Å². The molecular weight excluding hydrogens is 315 g/mol. The number of anilines is 1. The smallest absolute Gasteiger partial charge is 0.326 e. The molecule has 3 rings (SSSR count). The Bertz CT molecular complexity index is 719. The molecule has 6 nitrogen and oxygen atoms in total. The van der Waals surface area contributed by atoms with Gasteiger partial charge in [-0.1, -0.05) is 6.92 Å². The zero-order valence-electron chi connectivity index (χ0n) is 13.3. The fraction of sp³-hybridized carbons (Fsp3) is 0.471. The van der Waals surface area contributed by atoms with E-state index in [-0.39, 0.29) is 23.8 Å². The number of fused-ring (bicyclic) bond motifs is 1. The molecule has 2 unspecified atom stereocenters. The summed E-state index contributed by atoms with van der Waals surface area (Å²) < 4.78 is 14.4.